The summed E-state index contributed by atoms with van der Waals surface area (Å²) in [5, 5.41) is 9.24. The third-order valence-electron chi connectivity index (χ3n) is 2.79. The van der Waals surface area contributed by atoms with Gasteiger partial charge in [-0.25, -0.2) is 8.42 Å². The van der Waals surface area contributed by atoms with Gasteiger partial charge in [-0.15, -0.1) is 0 Å². The third-order valence-corrected chi connectivity index (χ3v) is 4.59. The van der Waals surface area contributed by atoms with Crippen molar-refractivity contribution in [2.24, 2.45) is 0 Å². The molecule has 8 heteroatoms. The normalized spacial score (nSPS) is 11.4. The Hall–Kier alpha value is -1.70. The predicted octanol–water partition coefficient (Wildman–Crippen LogP) is 2.54. The zero-order chi connectivity index (χ0) is 15.6. The Bertz CT molecular complexity index is 754. The fraction of sp³-hybridized carbons (Fsp3) is 0.231. The summed E-state index contributed by atoms with van der Waals surface area (Å²) >= 11 is 5.97. The molecule has 2 aromatic rings. The molecule has 114 valence electrons. The fourth-order valence-electron chi connectivity index (χ4n) is 1.78. The number of aliphatic hydroxyl groups is 1. The molecular weight excluding hydrogens is 318 g/mol. The fourth-order valence-corrected chi connectivity index (χ4v) is 3.27. The van der Waals surface area contributed by atoms with Crippen LogP contribution in [-0.2, 0) is 16.6 Å². The first-order valence-corrected chi connectivity index (χ1v) is 7.80. The minimum Gasteiger partial charge on any atom is -0.497 e. The maximum atomic E-state index is 12.4. The van der Waals surface area contributed by atoms with Gasteiger partial charge in [-0.3, -0.25) is 4.72 Å². The summed E-state index contributed by atoms with van der Waals surface area (Å²) in [4.78, 5) is -0.0505. The lowest BCUT2D eigenvalue weighted by molar-refractivity contribution is 0.245. The Labute approximate surface area is 127 Å². The summed E-state index contributed by atoms with van der Waals surface area (Å²) in [6, 6.07) is 5.89. The molecule has 1 heterocycles. The molecule has 1 aromatic carbocycles. The van der Waals surface area contributed by atoms with Crippen molar-refractivity contribution in [1.29, 1.82) is 0 Å². The Morgan fingerprint density at radius 3 is 2.67 bits per heavy atom. The lowest BCUT2D eigenvalue weighted by atomic mass is 10.3. The summed E-state index contributed by atoms with van der Waals surface area (Å²) in [7, 11) is -2.41. The van der Waals surface area contributed by atoms with E-state index in [2.05, 4.69) is 4.72 Å². The minimum atomic E-state index is -3.88. The maximum absolute atomic E-state index is 12.4. The van der Waals surface area contributed by atoms with E-state index in [9.17, 15) is 8.42 Å². The number of sulfonamides is 1. The number of ether oxygens (including phenoxy) is 1. The standard InChI is InChI=1S/C13H14ClNO5S/c1-8-13(6-10(7-16)20-8)21(17,18)15-12-5-9(19-2)3-4-11(12)14/h3-6,15-16H,7H2,1-2H3. The SMILES string of the molecule is COc1ccc(Cl)c(NS(=O)(=O)c2cc(CO)oc2C)c1. The lowest BCUT2D eigenvalue weighted by Crippen LogP contribution is -2.13. The van der Waals surface area contributed by atoms with Crippen LogP contribution in [0.1, 0.15) is 11.5 Å². The van der Waals surface area contributed by atoms with Crippen molar-refractivity contribution in [3.8, 4) is 5.75 Å². The molecule has 0 aliphatic carbocycles. The average molecular weight is 332 g/mol. The number of furan rings is 1. The highest BCUT2D eigenvalue weighted by molar-refractivity contribution is 7.92. The molecule has 2 N–H and O–H groups in total. The van der Waals surface area contributed by atoms with Crippen molar-refractivity contribution in [3.63, 3.8) is 0 Å². The number of benzene rings is 1. The van der Waals surface area contributed by atoms with Gasteiger partial charge in [-0.1, -0.05) is 11.6 Å². The van der Waals surface area contributed by atoms with Gasteiger partial charge >= 0.3 is 0 Å². The molecule has 0 aliphatic heterocycles. The molecule has 0 unspecified atom stereocenters. The van der Waals surface area contributed by atoms with E-state index in [0.717, 1.165) is 0 Å². The van der Waals surface area contributed by atoms with Gasteiger partial charge in [0.25, 0.3) is 10.0 Å². The summed E-state index contributed by atoms with van der Waals surface area (Å²) in [5.41, 5.74) is 0.196. The van der Waals surface area contributed by atoms with Gasteiger partial charge < -0.3 is 14.3 Å². The molecule has 1 aromatic heterocycles. The van der Waals surface area contributed by atoms with Gasteiger partial charge in [-0.2, -0.15) is 0 Å². The topological polar surface area (TPSA) is 88.8 Å². The van der Waals surface area contributed by atoms with Gasteiger partial charge in [0, 0.05) is 12.1 Å². The van der Waals surface area contributed by atoms with Crippen molar-refractivity contribution in [2.45, 2.75) is 18.4 Å². The number of halogens is 1. The largest absolute Gasteiger partial charge is 0.497 e. The first-order chi connectivity index (χ1) is 9.87. The van der Waals surface area contributed by atoms with E-state index in [1.807, 2.05) is 0 Å². The second kappa shape index (κ2) is 5.97. The number of hydrogen-bond acceptors (Lipinski definition) is 5. The molecule has 0 bridgehead atoms. The van der Waals surface area contributed by atoms with E-state index < -0.39 is 10.0 Å². The Morgan fingerprint density at radius 1 is 1.38 bits per heavy atom. The van der Waals surface area contributed by atoms with E-state index in [1.54, 1.807) is 6.07 Å². The van der Waals surface area contributed by atoms with Crippen LogP contribution in [0.15, 0.2) is 33.6 Å². The van der Waals surface area contributed by atoms with Crippen LogP contribution in [0.2, 0.25) is 5.02 Å². The summed E-state index contributed by atoms with van der Waals surface area (Å²) in [5.74, 6) is 0.826. The number of aliphatic hydroxyl groups excluding tert-OH is 1. The van der Waals surface area contributed by atoms with Crippen LogP contribution < -0.4 is 9.46 Å². The molecule has 0 spiro atoms. The van der Waals surface area contributed by atoms with Crippen LogP contribution in [0.4, 0.5) is 5.69 Å². The zero-order valence-corrected chi connectivity index (χ0v) is 13.0. The van der Waals surface area contributed by atoms with Crippen LogP contribution in [-0.4, -0.2) is 20.6 Å². The zero-order valence-electron chi connectivity index (χ0n) is 11.4. The first kappa shape index (κ1) is 15.7. The molecular formula is C13H14ClNO5S. The predicted molar refractivity (Wildman–Crippen MR) is 78.2 cm³/mol. The maximum Gasteiger partial charge on any atom is 0.265 e. The smallest absolute Gasteiger partial charge is 0.265 e. The molecule has 0 radical (unpaired) electrons. The molecule has 0 atom stereocenters. The van der Waals surface area contributed by atoms with Crippen molar-refractivity contribution in [1.82, 2.24) is 0 Å². The monoisotopic (exact) mass is 331 g/mol. The van der Waals surface area contributed by atoms with Gasteiger partial charge in [0.05, 0.1) is 17.8 Å². The first-order valence-electron chi connectivity index (χ1n) is 5.94. The Kier molecular flexibility index (Phi) is 4.46. The molecule has 6 nitrogen and oxygen atoms in total. The van der Waals surface area contributed by atoms with Crippen LogP contribution in [0, 0.1) is 6.92 Å². The van der Waals surface area contributed by atoms with Gasteiger partial charge in [0.2, 0.25) is 0 Å². The van der Waals surface area contributed by atoms with E-state index in [0.29, 0.717) is 5.75 Å². The van der Waals surface area contributed by atoms with Crippen LogP contribution in [0.5, 0.6) is 5.75 Å². The van der Waals surface area contributed by atoms with Gasteiger partial charge in [0.1, 0.15) is 28.8 Å². The second-order valence-electron chi connectivity index (χ2n) is 4.24. The van der Waals surface area contributed by atoms with E-state index >= 15 is 0 Å². The van der Waals surface area contributed by atoms with Crippen LogP contribution in [0.3, 0.4) is 0 Å². The van der Waals surface area contributed by atoms with Crippen molar-refractivity contribution in [2.75, 3.05) is 11.8 Å². The Morgan fingerprint density at radius 2 is 2.10 bits per heavy atom. The second-order valence-corrected chi connectivity index (χ2v) is 6.30. The molecule has 2 rings (SSSR count). The number of aryl methyl sites for hydroxylation is 1. The summed E-state index contributed by atoms with van der Waals surface area (Å²) in [6.45, 7) is 1.12. The van der Waals surface area contributed by atoms with Crippen molar-refractivity contribution >= 4 is 27.3 Å². The minimum absolute atomic E-state index is 0.0505. The molecule has 0 aliphatic rings. The highest BCUT2D eigenvalue weighted by atomic mass is 35.5. The molecule has 0 amide bonds. The lowest BCUT2D eigenvalue weighted by Gasteiger charge is -2.10. The van der Waals surface area contributed by atoms with Gasteiger partial charge in [0.15, 0.2) is 0 Å². The third kappa shape index (κ3) is 3.31. The number of methoxy groups -OCH3 is 1. The van der Waals surface area contributed by atoms with E-state index in [4.69, 9.17) is 25.9 Å². The molecule has 21 heavy (non-hydrogen) atoms. The highest BCUT2D eigenvalue weighted by Crippen LogP contribution is 2.30. The summed E-state index contributed by atoms with van der Waals surface area (Å²) in [6.07, 6.45) is 0. The average Bonchev–Trinajstić information content (AvgIpc) is 2.83. The molecule has 0 saturated carbocycles. The highest BCUT2D eigenvalue weighted by Gasteiger charge is 2.22. The molecule has 0 saturated heterocycles. The number of rotatable bonds is 5. The van der Waals surface area contributed by atoms with Gasteiger partial charge in [-0.05, 0) is 19.1 Å². The number of anilines is 1. The van der Waals surface area contributed by atoms with Crippen LogP contribution in [0.25, 0.3) is 0 Å². The van der Waals surface area contributed by atoms with E-state index in [-0.39, 0.29) is 33.7 Å². The van der Waals surface area contributed by atoms with E-state index in [1.165, 1.54) is 32.2 Å². The summed E-state index contributed by atoms with van der Waals surface area (Å²) < 4.78 is 37.2. The van der Waals surface area contributed by atoms with Crippen molar-refractivity contribution < 1.29 is 22.7 Å². The Balaban J connectivity index is 2.39. The number of nitrogens with one attached hydrogen (secondary N) is 1. The van der Waals surface area contributed by atoms with Crippen LogP contribution >= 0.6 is 11.6 Å². The molecule has 0 fully saturated rings. The quantitative estimate of drug-likeness (QED) is 0.879. The van der Waals surface area contributed by atoms with Crippen molar-refractivity contribution in [3.05, 3.63) is 40.8 Å². The number of hydrogen-bond donors (Lipinski definition) is 2.